The summed E-state index contributed by atoms with van der Waals surface area (Å²) < 4.78 is 0. The van der Waals surface area contributed by atoms with Crippen LogP contribution >= 0.6 is 0 Å². The molecule has 0 aliphatic heterocycles. The molecule has 8 heteroatoms. The number of aromatic carboxylic acids is 1. The largest absolute Gasteiger partial charge is 0.481 e. The van der Waals surface area contributed by atoms with Crippen LogP contribution < -0.4 is 5.32 Å². The van der Waals surface area contributed by atoms with Crippen molar-refractivity contribution in [2.24, 2.45) is 0 Å². The number of rotatable bonds is 4. The van der Waals surface area contributed by atoms with Crippen molar-refractivity contribution in [3.63, 3.8) is 0 Å². The van der Waals surface area contributed by atoms with E-state index in [9.17, 15) is 14.4 Å². The average molecular weight is 213 g/mol. The van der Waals surface area contributed by atoms with E-state index in [1.807, 2.05) is 0 Å². The number of aromatic amines is 1. The Morgan fingerprint density at radius 2 is 2.07 bits per heavy atom. The molecule has 0 aliphatic rings. The molecule has 1 amide bonds. The molecular formula is C7H7N3O5. The number of carbonyl (C=O) groups excluding carboxylic acids is 1. The summed E-state index contributed by atoms with van der Waals surface area (Å²) in [6.45, 7) is 0. The first kappa shape index (κ1) is 10.7. The van der Waals surface area contributed by atoms with Gasteiger partial charge in [0.1, 0.15) is 17.8 Å². The summed E-state index contributed by atoms with van der Waals surface area (Å²) in [6.07, 6.45) is 0.275. The minimum Gasteiger partial charge on any atom is -0.481 e. The van der Waals surface area contributed by atoms with Gasteiger partial charge in [0.25, 0.3) is 0 Å². The normalized spacial score (nSPS) is 9.60. The van der Waals surface area contributed by atoms with Gasteiger partial charge in [-0.3, -0.25) is 14.7 Å². The highest BCUT2D eigenvalue weighted by molar-refractivity contribution is 6.04. The number of aromatic nitrogens is 2. The number of carbonyl (C=O) groups is 3. The second kappa shape index (κ2) is 4.22. The third kappa shape index (κ3) is 2.79. The highest BCUT2D eigenvalue weighted by Gasteiger charge is 2.15. The Hall–Kier alpha value is -2.38. The fourth-order valence-electron chi connectivity index (χ4n) is 0.865. The van der Waals surface area contributed by atoms with Crippen molar-refractivity contribution in [3.8, 4) is 0 Å². The average Bonchev–Trinajstić information content (AvgIpc) is 2.50. The molecule has 80 valence electrons. The number of carboxylic acid groups (broad SMARTS) is 2. The number of nitrogens with one attached hydrogen (secondary N) is 2. The monoisotopic (exact) mass is 213 g/mol. The molecule has 0 atom stereocenters. The third-order valence-corrected chi connectivity index (χ3v) is 1.45. The van der Waals surface area contributed by atoms with E-state index in [4.69, 9.17) is 10.2 Å². The molecule has 0 saturated carbocycles. The molecule has 4 N–H and O–H groups in total. The predicted molar refractivity (Wildman–Crippen MR) is 46.4 cm³/mol. The molecular weight excluding hydrogens is 206 g/mol. The van der Waals surface area contributed by atoms with Crippen LogP contribution in [0, 0.1) is 0 Å². The van der Waals surface area contributed by atoms with Gasteiger partial charge < -0.3 is 15.5 Å². The number of amides is 1. The van der Waals surface area contributed by atoms with Crippen LogP contribution in [0.25, 0.3) is 0 Å². The zero-order valence-electron chi connectivity index (χ0n) is 7.35. The van der Waals surface area contributed by atoms with Gasteiger partial charge in [-0.1, -0.05) is 0 Å². The van der Waals surface area contributed by atoms with Crippen molar-refractivity contribution in [3.05, 3.63) is 11.8 Å². The molecule has 0 aromatic carbocycles. The van der Waals surface area contributed by atoms with Crippen molar-refractivity contribution >= 4 is 23.7 Å². The second-order valence-electron chi connectivity index (χ2n) is 2.58. The molecule has 8 nitrogen and oxygen atoms in total. The number of nitrogens with zero attached hydrogens (tertiary/aromatic N) is 1. The highest BCUT2D eigenvalue weighted by atomic mass is 16.4. The molecule has 0 fully saturated rings. The molecule has 0 spiro atoms. The summed E-state index contributed by atoms with van der Waals surface area (Å²) in [5, 5.41) is 24.6. The number of hydrogen-bond donors (Lipinski definition) is 4. The van der Waals surface area contributed by atoms with Crippen LogP contribution in [-0.2, 0) is 9.59 Å². The summed E-state index contributed by atoms with van der Waals surface area (Å²) in [4.78, 5) is 31.7. The minimum absolute atomic E-state index is 0.131. The predicted octanol–water partition coefficient (Wildman–Crippen LogP) is -0.479. The van der Waals surface area contributed by atoms with E-state index in [1.54, 1.807) is 0 Å². The SMILES string of the molecule is O=C(O)CC(=O)Nc1[nH]ncc1C(=O)O. The van der Waals surface area contributed by atoms with Gasteiger partial charge in [0.15, 0.2) is 0 Å². The van der Waals surface area contributed by atoms with E-state index in [0.717, 1.165) is 6.20 Å². The smallest absolute Gasteiger partial charge is 0.341 e. The first-order valence-corrected chi connectivity index (χ1v) is 3.79. The lowest BCUT2D eigenvalue weighted by atomic mass is 10.3. The van der Waals surface area contributed by atoms with Crippen LogP contribution in [0.5, 0.6) is 0 Å². The van der Waals surface area contributed by atoms with Gasteiger partial charge >= 0.3 is 11.9 Å². The Labute approximate surface area is 82.9 Å². The van der Waals surface area contributed by atoms with Gasteiger partial charge in [-0.15, -0.1) is 0 Å². The van der Waals surface area contributed by atoms with Crippen LogP contribution in [0.2, 0.25) is 0 Å². The quantitative estimate of drug-likeness (QED) is 0.499. The number of aliphatic carboxylic acids is 1. The van der Waals surface area contributed by atoms with E-state index in [1.165, 1.54) is 0 Å². The molecule has 0 aliphatic carbocycles. The van der Waals surface area contributed by atoms with Crippen molar-refractivity contribution in [1.82, 2.24) is 10.2 Å². The van der Waals surface area contributed by atoms with E-state index < -0.39 is 24.3 Å². The highest BCUT2D eigenvalue weighted by Crippen LogP contribution is 2.10. The van der Waals surface area contributed by atoms with E-state index in [2.05, 4.69) is 15.5 Å². The molecule has 0 radical (unpaired) electrons. The van der Waals surface area contributed by atoms with Gasteiger partial charge in [-0.25, -0.2) is 4.79 Å². The zero-order chi connectivity index (χ0) is 11.4. The Kier molecular flexibility index (Phi) is 3.01. The first-order valence-electron chi connectivity index (χ1n) is 3.79. The summed E-state index contributed by atoms with van der Waals surface area (Å²) >= 11 is 0. The molecule has 1 heterocycles. The Morgan fingerprint density at radius 3 is 2.60 bits per heavy atom. The summed E-state index contributed by atoms with van der Waals surface area (Å²) in [7, 11) is 0. The van der Waals surface area contributed by atoms with Crippen molar-refractivity contribution in [2.45, 2.75) is 6.42 Å². The van der Waals surface area contributed by atoms with Crippen molar-refractivity contribution in [1.29, 1.82) is 0 Å². The topological polar surface area (TPSA) is 132 Å². The summed E-state index contributed by atoms with van der Waals surface area (Å²) in [5.41, 5.74) is -0.228. The van der Waals surface area contributed by atoms with Crippen molar-refractivity contribution in [2.75, 3.05) is 5.32 Å². The number of anilines is 1. The zero-order valence-corrected chi connectivity index (χ0v) is 7.35. The minimum atomic E-state index is -1.30. The maximum Gasteiger partial charge on any atom is 0.341 e. The van der Waals surface area contributed by atoms with E-state index >= 15 is 0 Å². The Balaban J connectivity index is 2.72. The standard InChI is InChI=1S/C7H7N3O5/c11-4(1-5(12)13)9-6-3(7(14)15)2-8-10-6/h2H,1H2,(H,12,13)(H,14,15)(H2,8,9,10,11). The maximum absolute atomic E-state index is 11.0. The van der Waals surface area contributed by atoms with E-state index in [0.29, 0.717) is 0 Å². The molecule has 0 saturated heterocycles. The van der Waals surface area contributed by atoms with Gasteiger partial charge in [-0.2, -0.15) is 5.10 Å². The van der Waals surface area contributed by atoms with Gasteiger partial charge in [0.05, 0.1) is 6.20 Å². The molecule has 0 unspecified atom stereocenters. The van der Waals surface area contributed by atoms with Crippen LogP contribution in [0.15, 0.2) is 6.20 Å². The molecule has 1 rings (SSSR count). The van der Waals surface area contributed by atoms with Crippen LogP contribution in [0.1, 0.15) is 16.8 Å². The number of H-pyrrole nitrogens is 1. The van der Waals surface area contributed by atoms with Crippen LogP contribution in [0.3, 0.4) is 0 Å². The third-order valence-electron chi connectivity index (χ3n) is 1.45. The Bertz CT molecular complexity index is 411. The fraction of sp³-hybridized carbons (Fsp3) is 0.143. The van der Waals surface area contributed by atoms with Gasteiger partial charge in [0.2, 0.25) is 5.91 Å². The number of hydrogen-bond acceptors (Lipinski definition) is 4. The van der Waals surface area contributed by atoms with E-state index in [-0.39, 0.29) is 11.4 Å². The van der Waals surface area contributed by atoms with Gasteiger partial charge in [-0.05, 0) is 0 Å². The Morgan fingerprint density at radius 1 is 1.40 bits per heavy atom. The fourth-order valence-corrected chi connectivity index (χ4v) is 0.865. The molecule has 15 heavy (non-hydrogen) atoms. The van der Waals surface area contributed by atoms with Gasteiger partial charge in [0, 0.05) is 0 Å². The lowest BCUT2D eigenvalue weighted by Crippen LogP contribution is -2.17. The second-order valence-corrected chi connectivity index (χ2v) is 2.58. The number of carboxylic acids is 2. The van der Waals surface area contributed by atoms with Crippen LogP contribution in [-0.4, -0.2) is 38.3 Å². The molecule has 0 bridgehead atoms. The summed E-state index contributed by atoms with van der Waals surface area (Å²) in [6, 6.07) is 0. The molecule has 1 aromatic rings. The summed E-state index contributed by atoms with van der Waals surface area (Å²) in [5.74, 6) is -3.53. The lowest BCUT2D eigenvalue weighted by Gasteiger charge is -2.00. The first-order chi connectivity index (χ1) is 7.00. The van der Waals surface area contributed by atoms with Crippen molar-refractivity contribution < 1.29 is 24.6 Å². The molecule has 1 aromatic heterocycles. The van der Waals surface area contributed by atoms with Crippen LogP contribution in [0.4, 0.5) is 5.82 Å². The lowest BCUT2D eigenvalue weighted by molar-refractivity contribution is -0.139. The maximum atomic E-state index is 11.0.